The normalized spacial score (nSPS) is 13.5. The number of nitrogens with zero attached hydrogens (tertiary/aromatic N) is 1. The highest BCUT2D eigenvalue weighted by Crippen LogP contribution is 2.30. The summed E-state index contributed by atoms with van der Waals surface area (Å²) in [5, 5.41) is 5.85. The van der Waals surface area contributed by atoms with Crippen LogP contribution in [0.3, 0.4) is 0 Å². The van der Waals surface area contributed by atoms with Gasteiger partial charge in [0.2, 0.25) is 5.91 Å². The number of benzene rings is 2. The number of rotatable bonds is 15. The third-order valence-corrected chi connectivity index (χ3v) is 7.72. The maximum Gasteiger partial charge on any atom is 0.408 e. The minimum atomic E-state index is -0.931. The summed E-state index contributed by atoms with van der Waals surface area (Å²) in [4.78, 5) is 43.3. The predicted octanol–water partition coefficient (Wildman–Crippen LogP) is 7.24. The number of ether oxygens (including phenoxy) is 2. The first-order chi connectivity index (χ1) is 20.3. The quantitative estimate of drug-likeness (QED) is 0.220. The molecular weight excluding hydrogens is 562 g/mol. The lowest BCUT2D eigenvalue weighted by molar-refractivity contribution is -0.143. The van der Waals surface area contributed by atoms with Gasteiger partial charge in [-0.15, -0.1) is 0 Å². The summed E-state index contributed by atoms with van der Waals surface area (Å²) in [6, 6.07) is 12.8. The molecule has 0 aromatic heterocycles. The Morgan fingerprint density at radius 1 is 0.930 bits per heavy atom. The molecule has 0 aliphatic carbocycles. The Morgan fingerprint density at radius 3 is 2.07 bits per heavy atom. The molecule has 3 unspecified atom stereocenters. The lowest BCUT2D eigenvalue weighted by Gasteiger charge is -2.39. The molecule has 0 heterocycles. The van der Waals surface area contributed by atoms with Gasteiger partial charge < -0.3 is 25.0 Å². The molecule has 9 heteroatoms. The largest absolute Gasteiger partial charge is 0.497 e. The fourth-order valence-corrected chi connectivity index (χ4v) is 5.17. The van der Waals surface area contributed by atoms with Gasteiger partial charge >= 0.3 is 6.09 Å². The number of methoxy groups -OCH3 is 1. The SMILES string of the molecule is CCc1ccc(C(C(=O)Nc2ccc(OC)cc2)N(C(=O)C(CCSC)NC(=O)OC(C)(C)C)C(C)CCC(C)C)cc1. The van der Waals surface area contributed by atoms with Crippen molar-refractivity contribution in [1.29, 1.82) is 0 Å². The smallest absolute Gasteiger partial charge is 0.408 e. The molecule has 238 valence electrons. The van der Waals surface area contributed by atoms with Crippen molar-refractivity contribution in [2.45, 2.75) is 97.9 Å². The Balaban J connectivity index is 2.61. The van der Waals surface area contributed by atoms with Crippen LogP contribution in [0.2, 0.25) is 0 Å². The summed E-state index contributed by atoms with van der Waals surface area (Å²) in [5.41, 5.74) is 1.71. The first-order valence-electron chi connectivity index (χ1n) is 15.1. The monoisotopic (exact) mass is 613 g/mol. The van der Waals surface area contributed by atoms with Gasteiger partial charge in [0.15, 0.2) is 0 Å². The molecular formula is C34H51N3O5S. The minimum Gasteiger partial charge on any atom is -0.497 e. The van der Waals surface area contributed by atoms with Crippen molar-refractivity contribution in [2.75, 3.05) is 24.4 Å². The van der Waals surface area contributed by atoms with Crippen LogP contribution in [0, 0.1) is 5.92 Å². The van der Waals surface area contributed by atoms with Gasteiger partial charge in [-0.2, -0.15) is 11.8 Å². The fourth-order valence-electron chi connectivity index (χ4n) is 4.69. The standard InChI is InChI=1S/C34H51N3O5S/c1-10-25-13-15-26(16-14-25)30(31(38)35-27-17-19-28(41-8)20-18-27)37(24(4)12-11-23(2)3)32(39)29(21-22-43-9)36-33(40)42-34(5,6)7/h13-20,23-24,29-30H,10-12,21-22H2,1-9H3,(H,35,38)(H,36,40). The molecule has 2 aromatic rings. The molecule has 2 rings (SSSR count). The van der Waals surface area contributed by atoms with Gasteiger partial charge in [-0.05, 0) is 107 Å². The molecule has 0 fully saturated rings. The van der Waals surface area contributed by atoms with E-state index in [0.29, 0.717) is 41.5 Å². The molecule has 3 amide bonds. The highest BCUT2D eigenvalue weighted by atomic mass is 32.2. The summed E-state index contributed by atoms with van der Waals surface area (Å²) in [6.45, 7) is 13.7. The lowest BCUT2D eigenvalue weighted by atomic mass is 9.96. The average molecular weight is 614 g/mol. The Bertz CT molecular complexity index is 1160. The fraction of sp³-hybridized carbons (Fsp3) is 0.559. The van der Waals surface area contributed by atoms with Crippen LogP contribution in [0.15, 0.2) is 48.5 Å². The van der Waals surface area contributed by atoms with Crippen LogP contribution in [-0.2, 0) is 20.7 Å². The maximum absolute atomic E-state index is 14.6. The number of anilines is 1. The zero-order chi connectivity index (χ0) is 32.2. The molecule has 0 bridgehead atoms. The number of carbonyl (C=O) groups is 3. The summed E-state index contributed by atoms with van der Waals surface area (Å²) in [7, 11) is 1.59. The third-order valence-electron chi connectivity index (χ3n) is 7.08. The zero-order valence-corrected chi connectivity index (χ0v) is 28.2. The number of hydrogen-bond donors (Lipinski definition) is 2. The molecule has 0 aliphatic rings. The molecule has 0 aliphatic heterocycles. The van der Waals surface area contributed by atoms with E-state index in [1.165, 1.54) is 0 Å². The molecule has 3 atom stereocenters. The molecule has 0 saturated heterocycles. The van der Waals surface area contributed by atoms with E-state index in [4.69, 9.17) is 9.47 Å². The summed E-state index contributed by atoms with van der Waals surface area (Å²) < 4.78 is 10.8. The number of alkyl carbamates (subject to hydrolysis) is 1. The van der Waals surface area contributed by atoms with Crippen LogP contribution < -0.4 is 15.4 Å². The van der Waals surface area contributed by atoms with E-state index in [9.17, 15) is 14.4 Å². The van der Waals surface area contributed by atoms with Gasteiger partial charge in [0.1, 0.15) is 23.4 Å². The Morgan fingerprint density at radius 2 is 1.56 bits per heavy atom. The van der Waals surface area contributed by atoms with Crippen LogP contribution in [0.25, 0.3) is 0 Å². The molecule has 43 heavy (non-hydrogen) atoms. The number of aryl methyl sites for hydroxylation is 1. The Hall–Kier alpha value is -3.20. The number of nitrogens with one attached hydrogen (secondary N) is 2. The van der Waals surface area contributed by atoms with Gasteiger partial charge in [-0.1, -0.05) is 45.0 Å². The van der Waals surface area contributed by atoms with E-state index >= 15 is 0 Å². The topological polar surface area (TPSA) is 97.0 Å². The van der Waals surface area contributed by atoms with Gasteiger partial charge in [-0.25, -0.2) is 4.79 Å². The maximum atomic E-state index is 14.6. The first kappa shape index (κ1) is 36.0. The number of thioether (sulfide) groups is 1. The molecule has 2 aromatic carbocycles. The van der Waals surface area contributed by atoms with Crippen molar-refractivity contribution < 1.29 is 23.9 Å². The van der Waals surface area contributed by atoms with Crippen molar-refractivity contribution in [3.63, 3.8) is 0 Å². The van der Waals surface area contributed by atoms with Gasteiger partial charge in [0.25, 0.3) is 5.91 Å². The second-order valence-corrected chi connectivity index (χ2v) is 13.2. The van der Waals surface area contributed by atoms with E-state index in [1.54, 1.807) is 68.8 Å². The highest BCUT2D eigenvalue weighted by Gasteiger charge is 2.39. The van der Waals surface area contributed by atoms with E-state index in [-0.39, 0.29) is 17.9 Å². The van der Waals surface area contributed by atoms with Gasteiger partial charge in [-0.3, -0.25) is 9.59 Å². The minimum absolute atomic E-state index is 0.287. The van der Waals surface area contributed by atoms with Crippen LogP contribution in [-0.4, -0.2) is 59.6 Å². The van der Waals surface area contributed by atoms with Crippen molar-refractivity contribution >= 4 is 35.4 Å². The molecule has 0 spiro atoms. The van der Waals surface area contributed by atoms with E-state index in [0.717, 1.165) is 18.4 Å². The highest BCUT2D eigenvalue weighted by molar-refractivity contribution is 7.98. The average Bonchev–Trinajstić information content (AvgIpc) is 2.95. The summed E-state index contributed by atoms with van der Waals surface area (Å²) in [5.74, 6) is 1.09. The summed E-state index contributed by atoms with van der Waals surface area (Å²) in [6.07, 6.45) is 4.12. The van der Waals surface area contributed by atoms with Crippen molar-refractivity contribution in [3.8, 4) is 5.75 Å². The Labute approximate surface area is 262 Å². The van der Waals surface area contributed by atoms with Crippen LogP contribution in [0.1, 0.15) is 84.9 Å². The molecule has 8 nitrogen and oxygen atoms in total. The number of hydrogen-bond acceptors (Lipinski definition) is 6. The third kappa shape index (κ3) is 11.8. The van der Waals surface area contributed by atoms with E-state index in [1.807, 2.05) is 37.4 Å². The van der Waals surface area contributed by atoms with Crippen molar-refractivity contribution in [1.82, 2.24) is 10.2 Å². The predicted molar refractivity (Wildman–Crippen MR) is 177 cm³/mol. The second kappa shape index (κ2) is 17.2. The second-order valence-electron chi connectivity index (χ2n) is 12.3. The molecule has 0 saturated carbocycles. The van der Waals surface area contributed by atoms with Crippen molar-refractivity contribution in [3.05, 3.63) is 59.7 Å². The Kier molecular flexibility index (Phi) is 14.4. The lowest BCUT2D eigenvalue weighted by Crippen LogP contribution is -2.55. The van der Waals surface area contributed by atoms with Crippen molar-refractivity contribution in [2.24, 2.45) is 5.92 Å². The van der Waals surface area contributed by atoms with Crippen LogP contribution >= 0.6 is 11.8 Å². The van der Waals surface area contributed by atoms with Gasteiger partial charge in [0, 0.05) is 11.7 Å². The van der Waals surface area contributed by atoms with Crippen LogP contribution in [0.4, 0.5) is 10.5 Å². The number of amides is 3. The van der Waals surface area contributed by atoms with Crippen LogP contribution in [0.5, 0.6) is 5.75 Å². The van der Waals surface area contributed by atoms with E-state index < -0.39 is 23.8 Å². The van der Waals surface area contributed by atoms with Gasteiger partial charge in [0.05, 0.1) is 7.11 Å². The summed E-state index contributed by atoms with van der Waals surface area (Å²) >= 11 is 1.59. The first-order valence-corrected chi connectivity index (χ1v) is 16.5. The zero-order valence-electron chi connectivity index (χ0n) is 27.4. The number of carbonyl (C=O) groups excluding carboxylic acids is 3. The van der Waals surface area contributed by atoms with E-state index in [2.05, 4.69) is 31.4 Å². The molecule has 2 N–H and O–H groups in total. The molecule has 0 radical (unpaired) electrons.